The minimum absolute atomic E-state index is 0.319. The van der Waals surface area contributed by atoms with Crippen molar-refractivity contribution in [2.75, 3.05) is 0 Å². The van der Waals surface area contributed by atoms with Crippen LogP contribution in [0.2, 0.25) is 17.0 Å². The van der Waals surface area contributed by atoms with E-state index < -0.39 is 0 Å². The molecule has 0 nitrogen and oxygen atoms in total. The molecule has 3 rings (SSSR count). The van der Waals surface area contributed by atoms with Gasteiger partial charge >= 0.3 is 133 Å². The molecule has 0 atom stereocenters. The van der Waals surface area contributed by atoms with Crippen molar-refractivity contribution in [1.29, 1.82) is 0 Å². The zero-order valence-corrected chi connectivity index (χ0v) is 14.6. The van der Waals surface area contributed by atoms with Crippen LogP contribution in [0.25, 0.3) is 12.2 Å². The molecular weight excluding hydrogens is 319 g/mol. The second kappa shape index (κ2) is 6.64. The van der Waals surface area contributed by atoms with Crippen LogP contribution in [0.15, 0.2) is 48.5 Å². The molecule has 0 bridgehead atoms. The van der Waals surface area contributed by atoms with Gasteiger partial charge in [0.05, 0.1) is 0 Å². The van der Waals surface area contributed by atoms with Crippen LogP contribution in [0.3, 0.4) is 0 Å². The van der Waals surface area contributed by atoms with Crippen molar-refractivity contribution in [3.8, 4) is 0 Å². The van der Waals surface area contributed by atoms with E-state index in [2.05, 4.69) is 72.3 Å². The molecule has 0 fully saturated rings. The quantitative estimate of drug-likeness (QED) is 0.613. The Morgan fingerprint density at radius 3 is 1.86 bits per heavy atom. The fourth-order valence-corrected chi connectivity index (χ4v) is 4.76. The number of benzene rings is 2. The van der Waals surface area contributed by atoms with E-state index in [0.717, 1.165) is 0 Å². The van der Waals surface area contributed by atoms with Gasteiger partial charge in [0.2, 0.25) is 0 Å². The third-order valence-corrected chi connectivity index (χ3v) is 6.55. The Balaban J connectivity index is 1.98. The van der Waals surface area contributed by atoms with Crippen molar-refractivity contribution in [3.63, 3.8) is 0 Å². The van der Waals surface area contributed by atoms with Crippen molar-refractivity contribution in [1.82, 2.24) is 0 Å². The van der Waals surface area contributed by atoms with Crippen molar-refractivity contribution < 1.29 is 0 Å². The summed E-state index contributed by atoms with van der Waals surface area (Å²) in [5.41, 5.74) is 5.78. The van der Waals surface area contributed by atoms with Gasteiger partial charge in [0.15, 0.2) is 0 Å². The van der Waals surface area contributed by atoms with Gasteiger partial charge in [-0.2, -0.15) is 0 Å². The topological polar surface area (TPSA) is 0 Å². The Bertz CT molecular complexity index is 590. The predicted octanol–water partition coefficient (Wildman–Crippen LogP) is 5.84. The Hall–Kier alpha value is -1.30. The maximum absolute atomic E-state index is 2.44. The number of hydrogen-bond donors (Lipinski definition) is 0. The van der Waals surface area contributed by atoms with Gasteiger partial charge in [-0.3, -0.25) is 0 Å². The van der Waals surface area contributed by atoms with Crippen molar-refractivity contribution in [3.05, 3.63) is 70.8 Å². The first kappa shape index (κ1) is 14.6. The van der Waals surface area contributed by atoms with Crippen LogP contribution in [-0.2, 0) is 0 Å². The molecule has 0 heterocycles. The summed E-state index contributed by atoms with van der Waals surface area (Å²) in [7, 11) is 0. The summed E-state index contributed by atoms with van der Waals surface area (Å²) in [6.45, 7) is 0. The van der Waals surface area contributed by atoms with Crippen molar-refractivity contribution in [2.45, 2.75) is 35.7 Å². The molecule has 21 heavy (non-hydrogen) atoms. The molecule has 0 aliphatic heterocycles. The molecular formula is C20H23Se+. The fraction of sp³-hybridized carbons (Fsp3) is 0.300. The van der Waals surface area contributed by atoms with Gasteiger partial charge < -0.3 is 0 Å². The van der Waals surface area contributed by atoms with Crippen molar-refractivity contribution >= 4 is 26.1 Å². The predicted molar refractivity (Wildman–Crippen MR) is 95.2 cm³/mol. The third kappa shape index (κ3) is 3.31. The summed E-state index contributed by atoms with van der Waals surface area (Å²) in [4.78, 5) is 0. The van der Waals surface area contributed by atoms with E-state index in [0.29, 0.717) is 5.92 Å². The first-order chi connectivity index (χ1) is 10.3. The Labute approximate surface area is 132 Å². The van der Waals surface area contributed by atoms with Gasteiger partial charge in [0, 0.05) is 0 Å². The van der Waals surface area contributed by atoms with Gasteiger partial charge in [-0.05, 0) is 0 Å². The molecule has 1 aliphatic rings. The number of hydrogen-bond acceptors (Lipinski definition) is 0. The van der Waals surface area contributed by atoms with E-state index in [1.165, 1.54) is 40.4 Å². The second-order valence-electron chi connectivity index (χ2n) is 5.98. The number of rotatable bonds is 4. The van der Waals surface area contributed by atoms with E-state index in [1.54, 1.807) is 0 Å². The van der Waals surface area contributed by atoms with Crippen LogP contribution in [0.5, 0.6) is 0 Å². The summed E-state index contributed by atoms with van der Waals surface area (Å²) in [5.74, 6) is 5.44. The van der Waals surface area contributed by atoms with E-state index in [-0.39, 0.29) is 13.9 Å². The summed E-state index contributed by atoms with van der Waals surface area (Å²) < 4.78 is 0. The summed E-state index contributed by atoms with van der Waals surface area (Å²) in [5, 5.41) is 1.44. The van der Waals surface area contributed by atoms with Gasteiger partial charge in [-0.15, -0.1) is 0 Å². The monoisotopic (exact) mass is 343 g/mol. The Kier molecular flexibility index (Phi) is 4.63. The molecule has 0 unspecified atom stereocenters. The van der Waals surface area contributed by atoms with Crippen LogP contribution >= 0.6 is 0 Å². The van der Waals surface area contributed by atoms with E-state index >= 15 is 0 Å². The van der Waals surface area contributed by atoms with Crippen LogP contribution in [0, 0.1) is 0 Å². The molecule has 0 aromatic heterocycles. The Morgan fingerprint density at radius 2 is 1.33 bits per heavy atom. The second-order valence-corrected chi connectivity index (χ2v) is 11.0. The minimum atomic E-state index is -0.319. The zero-order chi connectivity index (χ0) is 14.7. The van der Waals surface area contributed by atoms with Crippen LogP contribution in [0.1, 0.15) is 41.0 Å². The van der Waals surface area contributed by atoms with Crippen molar-refractivity contribution in [2.24, 2.45) is 0 Å². The summed E-state index contributed by atoms with van der Waals surface area (Å²) >= 11 is -0.319. The van der Waals surface area contributed by atoms with Gasteiger partial charge in [-0.25, -0.2) is 0 Å². The average Bonchev–Trinajstić information content (AvgIpc) is 2.65. The fourth-order valence-electron chi connectivity index (χ4n) is 3.19. The molecule has 2 aromatic rings. The van der Waals surface area contributed by atoms with Gasteiger partial charge in [-0.1, -0.05) is 0 Å². The first-order valence-corrected chi connectivity index (χ1v) is 12.3. The van der Waals surface area contributed by atoms with E-state index in [1.807, 2.05) is 0 Å². The summed E-state index contributed by atoms with van der Waals surface area (Å²) in [6, 6.07) is 17.8. The Morgan fingerprint density at radius 1 is 0.810 bits per heavy atom. The first-order valence-electron chi connectivity index (χ1n) is 7.66. The molecule has 0 spiro atoms. The van der Waals surface area contributed by atoms with E-state index in [9.17, 15) is 0 Å². The van der Waals surface area contributed by atoms with Crippen LogP contribution in [0.4, 0.5) is 0 Å². The summed E-state index contributed by atoms with van der Waals surface area (Å²) in [6.07, 6.45) is 7.19. The average molecular weight is 342 g/mol. The maximum atomic E-state index is 2.44. The molecule has 0 amide bonds. The normalized spacial score (nSPS) is 13.9. The van der Waals surface area contributed by atoms with Gasteiger partial charge in [0.1, 0.15) is 0 Å². The zero-order valence-electron chi connectivity index (χ0n) is 12.9. The SMILES string of the molecule is C[Se+](C)CCCC1c2ccccc2C=Cc2ccccc21. The molecule has 0 saturated heterocycles. The van der Waals surface area contributed by atoms with Crippen LogP contribution in [-0.4, -0.2) is 13.9 Å². The standard InChI is InChI=1S/C20H23Se/c1-21(2)15-7-12-20-18-10-5-3-8-16(18)13-14-17-9-4-6-11-19(17)20/h3-6,8-11,13-14,20H,7,12,15H2,1-2H3/q+1. The van der Waals surface area contributed by atoms with Crippen LogP contribution < -0.4 is 0 Å². The molecule has 1 aliphatic carbocycles. The third-order valence-electron chi connectivity index (χ3n) is 4.23. The molecule has 2 aromatic carbocycles. The molecule has 0 radical (unpaired) electrons. The molecule has 108 valence electrons. The molecule has 0 saturated carbocycles. The van der Waals surface area contributed by atoms with E-state index in [4.69, 9.17) is 0 Å². The molecule has 0 N–H and O–H groups in total. The molecule has 1 heteroatoms. The van der Waals surface area contributed by atoms with Gasteiger partial charge in [0.25, 0.3) is 0 Å². The number of fused-ring (bicyclic) bond motifs is 2.